The molecule has 0 aliphatic rings. The molecule has 0 aliphatic carbocycles. The fourth-order valence-corrected chi connectivity index (χ4v) is 2.62. The van der Waals surface area contributed by atoms with Gasteiger partial charge in [-0.1, -0.05) is 59.6 Å². The van der Waals surface area contributed by atoms with Crippen molar-refractivity contribution in [2.75, 3.05) is 6.54 Å². The summed E-state index contributed by atoms with van der Waals surface area (Å²) in [5, 5.41) is 3.91. The van der Waals surface area contributed by atoms with Crippen LogP contribution in [0.4, 0.5) is 0 Å². The van der Waals surface area contributed by atoms with Crippen LogP contribution in [0.2, 0.25) is 10.0 Å². The van der Waals surface area contributed by atoms with Crippen LogP contribution in [-0.2, 0) is 11.2 Å². The molecule has 0 saturated heterocycles. The van der Waals surface area contributed by atoms with Crippen LogP contribution < -0.4 is 5.32 Å². The number of carbonyl (C=O) groups is 2. The van der Waals surface area contributed by atoms with Crippen LogP contribution in [0.15, 0.2) is 48.5 Å². The number of carbonyl (C=O) groups excluding carboxylic acids is 2. The molecule has 0 aliphatic heterocycles. The van der Waals surface area contributed by atoms with Crippen LogP contribution in [0.25, 0.3) is 0 Å². The van der Waals surface area contributed by atoms with Gasteiger partial charge in [-0.3, -0.25) is 9.59 Å². The quantitative estimate of drug-likeness (QED) is 0.545. The normalized spacial score (nSPS) is 10.4. The molecule has 0 atom stereocenters. The highest BCUT2D eigenvalue weighted by Gasteiger charge is 2.08. The molecular formula is C19H19Cl2NO2. The molecule has 0 bridgehead atoms. The number of amides is 1. The molecule has 0 radical (unpaired) electrons. The summed E-state index contributed by atoms with van der Waals surface area (Å²) in [6.45, 7) is 0.568. The van der Waals surface area contributed by atoms with Gasteiger partial charge in [0.1, 0.15) is 0 Å². The Bertz CT molecular complexity index is 702. The van der Waals surface area contributed by atoms with Gasteiger partial charge in [-0.2, -0.15) is 0 Å². The minimum Gasteiger partial charge on any atom is -0.356 e. The van der Waals surface area contributed by atoms with E-state index in [4.69, 9.17) is 23.2 Å². The van der Waals surface area contributed by atoms with Crippen molar-refractivity contribution in [1.82, 2.24) is 5.32 Å². The Balaban J connectivity index is 1.64. The standard InChI is InChI=1S/C19H19Cl2NO2/c20-16-9-8-14(13-17(16)21)5-4-12-22-19(24)11-10-18(23)15-6-2-1-3-7-15/h1-3,6-9,13H,4-5,10-12H2,(H,22,24). The lowest BCUT2D eigenvalue weighted by Crippen LogP contribution is -2.25. The Morgan fingerprint density at radius 3 is 2.38 bits per heavy atom. The van der Waals surface area contributed by atoms with Crippen molar-refractivity contribution in [3.63, 3.8) is 0 Å². The Labute approximate surface area is 152 Å². The third-order valence-electron chi connectivity index (χ3n) is 3.62. The van der Waals surface area contributed by atoms with Gasteiger partial charge in [0.15, 0.2) is 5.78 Å². The lowest BCUT2D eigenvalue weighted by Gasteiger charge is -2.06. The predicted octanol–water partition coefficient (Wildman–Crippen LogP) is 4.71. The number of benzene rings is 2. The monoisotopic (exact) mass is 363 g/mol. The van der Waals surface area contributed by atoms with Gasteiger partial charge in [-0.15, -0.1) is 0 Å². The van der Waals surface area contributed by atoms with Crippen LogP contribution in [0.5, 0.6) is 0 Å². The molecule has 126 valence electrons. The second kappa shape index (κ2) is 9.45. The molecule has 1 amide bonds. The fraction of sp³-hybridized carbons (Fsp3) is 0.263. The largest absolute Gasteiger partial charge is 0.356 e. The Kier molecular flexibility index (Phi) is 7.29. The van der Waals surface area contributed by atoms with E-state index >= 15 is 0 Å². The molecule has 1 N–H and O–H groups in total. The molecule has 5 heteroatoms. The molecule has 0 saturated carbocycles. The number of ketones is 1. The molecule has 2 aromatic rings. The molecule has 0 heterocycles. The summed E-state index contributed by atoms with van der Waals surface area (Å²) in [7, 11) is 0. The molecule has 3 nitrogen and oxygen atoms in total. The smallest absolute Gasteiger partial charge is 0.220 e. The minimum absolute atomic E-state index is 0.0124. The number of hydrogen-bond donors (Lipinski definition) is 1. The van der Waals surface area contributed by atoms with Crippen molar-refractivity contribution < 1.29 is 9.59 Å². The molecule has 0 aromatic heterocycles. The van der Waals surface area contributed by atoms with E-state index in [1.165, 1.54) is 0 Å². The lowest BCUT2D eigenvalue weighted by molar-refractivity contribution is -0.121. The van der Waals surface area contributed by atoms with Gasteiger partial charge in [0.25, 0.3) is 0 Å². The van der Waals surface area contributed by atoms with E-state index in [0.717, 1.165) is 18.4 Å². The van der Waals surface area contributed by atoms with Gasteiger partial charge in [-0.25, -0.2) is 0 Å². The van der Waals surface area contributed by atoms with Gasteiger partial charge in [0.2, 0.25) is 5.91 Å². The van der Waals surface area contributed by atoms with Crippen molar-refractivity contribution >= 4 is 34.9 Å². The first-order valence-electron chi connectivity index (χ1n) is 7.85. The summed E-state index contributed by atoms with van der Waals surface area (Å²) in [5.41, 5.74) is 1.72. The summed E-state index contributed by atoms with van der Waals surface area (Å²) < 4.78 is 0. The Hall–Kier alpha value is -1.84. The Morgan fingerprint density at radius 1 is 0.917 bits per heavy atom. The number of nitrogens with one attached hydrogen (secondary N) is 1. The third kappa shape index (κ3) is 5.99. The van der Waals surface area contributed by atoms with Crippen LogP contribution >= 0.6 is 23.2 Å². The maximum Gasteiger partial charge on any atom is 0.220 e. The molecule has 2 rings (SSSR count). The SMILES string of the molecule is O=C(CCC(=O)c1ccccc1)NCCCc1ccc(Cl)c(Cl)c1. The van der Waals surface area contributed by atoms with Crippen LogP contribution in [-0.4, -0.2) is 18.2 Å². The van der Waals surface area contributed by atoms with Gasteiger partial charge in [0, 0.05) is 24.9 Å². The highest BCUT2D eigenvalue weighted by Crippen LogP contribution is 2.23. The summed E-state index contributed by atoms with van der Waals surface area (Å²) in [6.07, 6.45) is 2.04. The first-order chi connectivity index (χ1) is 11.6. The van der Waals surface area contributed by atoms with E-state index < -0.39 is 0 Å². The second-order valence-corrected chi connectivity index (χ2v) is 6.31. The maximum absolute atomic E-state index is 11.9. The topological polar surface area (TPSA) is 46.2 Å². The zero-order valence-corrected chi connectivity index (χ0v) is 14.7. The lowest BCUT2D eigenvalue weighted by atomic mass is 10.1. The van der Waals surface area contributed by atoms with Crippen LogP contribution in [0.1, 0.15) is 35.2 Å². The average Bonchev–Trinajstić information content (AvgIpc) is 2.60. The average molecular weight is 364 g/mol. The van der Waals surface area contributed by atoms with Gasteiger partial charge >= 0.3 is 0 Å². The zero-order valence-electron chi connectivity index (χ0n) is 13.2. The number of rotatable bonds is 8. The second-order valence-electron chi connectivity index (χ2n) is 5.49. The molecule has 0 fully saturated rings. The van der Waals surface area contributed by atoms with Crippen LogP contribution in [0, 0.1) is 0 Å². The maximum atomic E-state index is 11.9. The first kappa shape index (κ1) is 18.5. The highest BCUT2D eigenvalue weighted by atomic mass is 35.5. The number of aryl methyl sites for hydroxylation is 1. The van der Waals surface area contributed by atoms with E-state index in [1.807, 2.05) is 30.3 Å². The minimum atomic E-state index is -0.103. The van der Waals surface area contributed by atoms with E-state index in [1.54, 1.807) is 18.2 Å². The fourth-order valence-electron chi connectivity index (χ4n) is 2.30. The highest BCUT2D eigenvalue weighted by molar-refractivity contribution is 6.42. The third-order valence-corrected chi connectivity index (χ3v) is 4.36. The Morgan fingerprint density at radius 2 is 1.67 bits per heavy atom. The van der Waals surface area contributed by atoms with Gasteiger partial charge in [0.05, 0.1) is 10.0 Å². The van der Waals surface area contributed by atoms with E-state index in [2.05, 4.69) is 5.32 Å². The molecule has 0 unspecified atom stereocenters. The summed E-state index contributed by atoms with van der Waals surface area (Å²) in [5.74, 6) is -0.116. The summed E-state index contributed by atoms with van der Waals surface area (Å²) in [4.78, 5) is 23.7. The summed E-state index contributed by atoms with van der Waals surface area (Å²) >= 11 is 11.8. The van der Waals surface area contributed by atoms with Gasteiger partial charge in [-0.05, 0) is 30.5 Å². The van der Waals surface area contributed by atoms with E-state index in [0.29, 0.717) is 22.2 Å². The van der Waals surface area contributed by atoms with Crippen LogP contribution in [0.3, 0.4) is 0 Å². The summed E-state index contributed by atoms with van der Waals surface area (Å²) in [6, 6.07) is 14.5. The molecule has 24 heavy (non-hydrogen) atoms. The van der Waals surface area contributed by atoms with Crippen molar-refractivity contribution in [2.24, 2.45) is 0 Å². The molecule has 2 aromatic carbocycles. The van der Waals surface area contributed by atoms with Crippen molar-refractivity contribution in [3.8, 4) is 0 Å². The number of halogens is 2. The zero-order chi connectivity index (χ0) is 17.4. The first-order valence-corrected chi connectivity index (χ1v) is 8.61. The van der Waals surface area contributed by atoms with Gasteiger partial charge < -0.3 is 5.32 Å². The van der Waals surface area contributed by atoms with E-state index in [9.17, 15) is 9.59 Å². The number of hydrogen-bond acceptors (Lipinski definition) is 2. The van der Waals surface area contributed by atoms with Crippen molar-refractivity contribution in [2.45, 2.75) is 25.7 Å². The van der Waals surface area contributed by atoms with E-state index in [-0.39, 0.29) is 24.5 Å². The van der Waals surface area contributed by atoms with Crippen molar-refractivity contribution in [1.29, 1.82) is 0 Å². The van der Waals surface area contributed by atoms with Crippen molar-refractivity contribution in [3.05, 3.63) is 69.7 Å². The number of Topliss-reactive ketones (excluding diaryl/α,β-unsaturated/α-hetero) is 1. The molecule has 0 spiro atoms. The molecular weight excluding hydrogens is 345 g/mol. The predicted molar refractivity (Wildman–Crippen MR) is 97.8 cm³/mol.